The Morgan fingerprint density at radius 3 is 2.94 bits per heavy atom. The minimum atomic E-state index is -0.164. The third-order valence-corrected chi connectivity index (χ3v) is 2.25. The average Bonchev–Trinajstić information content (AvgIpc) is 2.39. The quantitative estimate of drug-likeness (QED) is 0.714. The number of nitrogens with zero attached hydrogens (tertiary/aromatic N) is 1. The molecule has 0 radical (unpaired) electrons. The third kappa shape index (κ3) is 4.71. The molecule has 0 atom stereocenters. The van der Waals surface area contributed by atoms with Crippen molar-refractivity contribution in [1.29, 1.82) is 0 Å². The van der Waals surface area contributed by atoms with Crippen LogP contribution in [-0.2, 0) is 4.74 Å². The van der Waals surface area contributed by atoms with Gasteiger partial charge in [0.2, 0.25) is 5.88 Å². The van der Waals surface area contributed by atoms with Crippen LogP contribution in [0.3, 0.4) is 0 Å². The van der Waals surface area contributed by atoms with Crippen LogP contribution in [-0.4, -0.2) is 37.3 Å². The molecule has 100 valence electrons. The van der Waals surface area contributed by atoms with E-state index in [0.29, 0.717) is 37.8 Å². The SMILES string of the molecule is CCOCCCNC(=O)c1cccnc1OCC. The summed E-state index contributed by atoms with van der Waals surface area (Å²) in [6.07, 6.45) is 2.40. The van der Waals surface area contributed by atoms with Gasteiger partial charge in [-0.15, -0.1) is 0 Å². The molecule has 1 N–H and O–H groups in total. The number of rotatable bonds is 8. The Labute approximate surface area is 108 Å². The molecule has 0 saturated carbocycles. The van der Waals surface area contributed by atoms with Crippen molar-refractivity contribution in [2.75, 3.05) is 26.4 Å². The molecule has 1 aromatic rings. The van der Waals surface area contributed by atoms with Crippen molar-refractivity contribution in [2.45, 2.75) is 20.3 Å². The number of carbonyl (C=O) groups excluding carboxylic acids is 1. The first-order chi connectivity index (χ1) is 8.79. The second kappa shape index (κ2) is 8.47. The Hall–Kier alpha value is -1.62. The van der Waals surface area contributed by atoms with Crippen molar-refractivity contribution < 1.29 is 14.3 Å². The highest BCUT2D eigenvalue weighted by Crippen LogP contribution is 2.13. The largest absolute Gasteiger partial charge is 0.477 e. The third-order valence-electron chi connectivity index (χ3n) is 2.25. The molecule has 0 aliphatic carbocycles. The lowest BCUT2D eigenvalue weighted by Crippen LogP contribution is -2.26. The molecule has 0 aromatic carbocycles. The van der Waals surface area contributed by atoms with Crippen molar-refractivity contribution >= 4 is 5.91 Å². The van der Waals surface area contributed by atoms with Crippen LogP contribution < -0.4 is 10.1 Å². The van der Waals surface area contributed by atoms with E-state index in [-0.39, 0.29) is 5.91 Å². The molecule has 0 spiro atoms. The standard InChI is InChI=1S/C13H20N2O3/c1-3-17-10-6-9-14-12(16)11-7-5-8-15-13(11)18-4-2/h5,7-8H,3-4,6,9-10H2,1-2H3,(H,14,16). The van der Waals surface area contributed by atoms with Gasteiger partial charge >= 0.3 is 0 Å². The van der Waals surface area contributed by atoms with Crippen molar-refractivity contribution in [1.82, 2.24) is 10.3 Å². The second-order valence-electron chi connectivity index (χ2n) is 3.60. The maximum absolute atomic E-state index is 11.9. The van der Waals surface area contributed by atoms with Crippen LogP contribution in [0.1, 0.15) is 30.6 Å². The molecule has 0 aliphatic heterocycles. The summed E-state index contributed by atoms with van der Waals surface area (Å²) in [5.74, 6) is 0.213. The summed E-state index contributed by atoms with van der Waals surface area (Å²) in [5.41, 5.74) is 0.468. The Bertz CT molecular complexity index is 369. The summed E-state index contributed by atoms with van der Waals surface area (Å²) in [5, 5.41) is 2.82. The minimum absolute atomic E-state index is 0.164. The molecule has 1 rings (SSSR count). The molecular weight excluding hydrogens is 232 g/mol. The molecule has 0 saturated heterocycles. The van der Waals surface area contributed by atoms with Crippen molar-refractivity contribution in [3.05, 3.63) is 23.9 Å². The molecule has 1 aromatic heterocycles. The van der Waals surface area contributed by atoms with Gasteiger partial charge in [-0.05, 0) is 32.4 Å². The van der Waals surface area contributed by atoms with E-state index in [0.717, 1.165) is 6.42 Å². The van der Waals surface area contributed by atoms with Gasteiger partial charge in [0.05, 0.1) is 6.61 Å². The van der Waals surface area contributed by atoms with Crippen molar-refractivity contribution in [3.8, 4) is 5.88 Å². The highest BCUT2D eigenvalue weighted by atomic mass is 16.5. The van der Waals surface area contributed by atoms with Gasteiger partial charge in [-0.25, -0.2) is 4.98 Å². The van der Waals surface area contributed by atoms with E-state index in [9.17, 15) is 4.79 Å². The number of carbonyl (C=O) groups is 1. The number of ether oxygens (including phenoxy) is 2. The molecule has 5 heteroatoms. The maximum atomic E-state index is 11.9. The van der Waals surface area contributed by atoms with Gasteiger partial charge < -0.3 is 14.8 Å². The van der Waals surface area contributed by atoms with Crippen molar-refractivity contribution in [3.63, 3.8) is 0 Å². The Balaban J connectivity index is 2.45. The van der Waals surface area contributed by atoms with Crippen LogP contribution in [0.25, 0.3) is 0 Å². The summed E-state index contributed by atoms with van der Waals surface area (Å²) in [6, 6.07) is 3.42. The van der Waals surface area contributed by atoms with Gasteiger partial charge in [-0.1, -0.05) is 0 Å². The smallest absolute Gasteiger partial charge is 0.256 e. The fourth-order valence-electron chi connectivity index (χ4n) is 1.43. The first-order valence-corrected chi connectivity index (χ1v) is 6.23. The zero-order valence-electron chi connectivity index (χ0n) is 10.9. The lowest BCUT2D eigenvalue weighted by molar-refractivity contribution is 0.0939. The van der Waals surface area contributed by atoms with E-state index >= 15 is 0 Å². The molecule has 0 aliphatic rings. The average molecular weight is 252 g/mol. The summed E-state index contributed by atoms with van der Waals surface area (Å²) in [4.78, 5) is 15.9. The molecule has 0 fully saturated rings. The number of hydrogen-bond acceptors (Lipinski definition) is 4. The Morgan fingerprint density at radius 1 is 1.39 bits per heavy atom. The first-order valence-electron chi connectivity index (χ1n) is 6.23. The van der Waals surface area contributed by atoms with Crippen LogP contribution >= 0.6 is 0 Å². The molecule has 5 nitrogen and oxygen atoms in total. The van der Waals surface area contributed by atoms with E-state index < -0.39 is 0 Å². The molecule has 1 heterocycles. The van der Waals surface area contributed by atoms with E-state index in [4.69, 9.17) is 9.47 Å². The first kappa shape index (κ1) is 14.4. The van der Waals surface area contributed by atoms with Crippen LogP contribution in [0, 0.1) is 0 Å². The molecular formula is C13H20N2O3. The van der Waals surface area contributed by atoms with E-state index in [1.807, 2.05) is 13.8 Å². The predicted octanol–water partition coefficient (Wildman–Crippen LogP) is 1.64. The predicted molar refractivity (Wildman–Crippen MR) is 68.8 cm³/mol. The van der Waals surface area contributed by atoms with Gasteiger partial charge in [0.25, 0.3) is 5.91 Å². The monoisotopic (exact) mass is 252 g/mol. The van der Waals surface area contributed by atoms with Gasteiger partial charge in [0.1, 0.15) is 5.56 Å². The summed E-state index contributed by atoms with van der Waals surface area (Å²) >= 11 is 0. The normalized spacial score (nSPS) is 10.1. The summed E-state index contributed by atoms with van der Waals surface area (Å²) < 4.78 is 10.5. The minimum Gasteiger partial charge on any atom is -0.477 e. The van der Waals surface area contributed by atoms with Crippen LogP contribution in [0.2, 0.25) is 0 Å². The highest BCUT2D eigenvalue weighted by molar-refractivity contribution is 5.96. The number of pyridine rings is 1. The summed E-state index contributed by atoms with van der Waals surface area (Å²) in [7, 11) is 0. The van der Waals surface area contributed by atoms with Crippen molar-refractivity contribution in [2.24, 2.45) is 0 Å². The number of hydrogen-bond donors (Lipinski definition) is 1. The van der Waals surface area contributed by atoms with Crippen LogP contribution in [0.5, 0.6) is 5.88 Å². The van der Waals surface area contributed by atoms with E-state index in [1.54, 1.807) is 18.3 Å². The lowest BCUT2D eigenvalue weighted by Gasteiger charge is -2.09. The molecule has 1 amide bonds. The molecule has 18 heavy (non-hydrogen) atoms. The lowest BCUT2D eigenvalue weighted by atomic mass is 10.2. The second-order valence-corrected chi connectivity index (χ2v) is 3.60. The van der Waals surface area contributed by atoms with E-state index in [2.05, 4.69) is 10.3 Å². The van der Waals surface area contributed by atoms with Crippen LogP contribution in [0.15, 0.2) is 18.3 Å². The van der Waals surface area contributed by atoms with Gasteiger partial charge in [-0.3, -0.25) is 4.79 Å². The highest BCUT2D eigenvalue weighted by Gasteiger charge is 2.12. The van der Waals surface area contributed by atoms with Gasteiger partial charge in [0.15, 0.2) is 0 Å². The topological polar surface area (TPSA) is 60.5 Å². The molecule has 0 bridgehead atoms. The number of nitrogens with one attached hydrogen (secondary N) is 1. The molecule has 0 unspecified atom stereocenters. The fraction of sp³-hybridized carbons (Fsp3) is 0.538. The van der Waals surface area contributed by atoms with E-state index in [1.165, 1.54) is 0 Å². The summed E-state index contributed by atoms with van der Waals surface area (Å²) in [6.45, 7) is 6.23. The fourth-order valence-corrected chi connectivity index (χ4v) is 1.43. The Kier molecular flexibility index (Phi) is 6.79. The zero-order chi connectivity index (χ0) is 13.2. The number of aromatic nitrogens is 1. The van der Waals surface area contributed by atoms with Gasteiger partial charge in [-0.2, -0.15) is 0 Å². The van der Waals surface area contributed by atoms with Crippen LogP contribution in [0.4, 0.5) is 0 Å². The maximum Gasteiger partial charge on any atom is 0.256 e. The van der Waals surface area contributed by atoms with Gasteiger partial charge in [0, 0.05) is 26.0 Å². The number of amides is 1. The Morgan fingerprint density at radius 2 is 2.22 bits per heavy atom. The zero-order valence-corrected chi connectivity index (χ0v) is 10.9.